The van der Waals surface area contributed by atoms with Crippen LogP contribution in [-0.2, 0) is 0 Å². The second-order valence-electron chi connectivity index (χ2n) is 4.09. The van der Waals surface area contributed by atoms with E-state index in [1.807, 2.05) is 0 Å². The molecule has 1 saturated heterocycles. The minimum absolute atomic E-state index is 0.0144. The Bertz CT molecular complexity index is 484. The molecule has 1 aromatic rings. The summed E-state index contributed by atoms with van der Waals surface area (Å²) in [7, 11) is 0. The number of carboxylic acid groups (broad SMARTS) is 1. The number of carbonyl (C=O) groups is 2. The highest BCUT2D eigenvalue weighted by Crippen LogP contribution is 2.20. The number of benzene rings is 1. The summed E-state index contributed by atoms with van der Waals surface area (Å²) in [5.41, 5.74) is -0.524. The number of amides is 2. The molecule has 1 aliphatic heterocycles. The van der Waals surface area contributed by atoms with Gasteiger partial charge < -0.3 is 15.3 Å². The Kier molecular flexibility index (Phi) is 3.45. The van der Waals surface area contributed by atoms with Crippen LogP contribution in [0.5, 0.6) is 0 Å². The number of aromatic carboxylic acids is 1. The molecule has 0 bridgehead atoms. The number of likely N-dealkylation sites (tertiary alicyclic amines) is 1. The van der Waals surface area contributed by atoms with E-state index in [2.05, 4.69) is 5.32 Å². The van der Waals surface area contributed by atoms with Crippen molar-refractivity contribution in [3.8, 4) is 0 Å². The third kappa shape index (κ3) is 2.42. The molecule has 1 fully saturated rings. The Morgan fingerprint density at radius 3 is 2.56 bits per heavy atom. The largest absolute Gasteiger partial charge is 0.478 e. The summed E-state index contributed by atoms with van der Waals surface area (Å²) in [6, 6.07) is 3.40. The van der Waals surface area contributed by atoms with Crippen molar-refractivity contribution >= 4 is 17.7 Å². The number of nitrogens with zero attached hydrogens (tertiary/aromatic N) is 1. The maximum absolute atomic E-state index is 13.4. The molecule has 18 heavy (non-hydrogen) atoms. The Balaban J connectivity index is 2.20. The van der Waals surface area contributed by atoms with E-state index in [0.717, 1.165) is 18.9 Å². The molecular weight excluding hydrogens is 239 g/mol. The summed E-state index contributed by atoms with van der Waals surface area (Å²) in [6.45, 7) is 1.28. The fraction of sp³-hybridized carbons (Fsp3) is 0.333. The molecule has 1 aliphatic rings. The number of halogens is 1. The van der Waals surface area contributed by atoms with Crippen LogP contribution in [0.25, 0.3) is 0 Å². The van der Waals surface area contributed by atoms with Gasteiger partial charge in [0, 0.05) is 13.1 Å². The lowest BCUT2D eigenvalue weighted by molar-refractivity contribution is 0.0693. The highest BCUT2D eigenvalue weighted by molar-refractivity contribution is 6.00. The Morgan fingerprint density at radius 2 is 1.94 bits per heavy atom. The van der Waals surface area contributed by atoms with Gasteiger partial charge in [-0.05, 0) is 25.0 Å². The van der Waals surface area contributed by atoms with Crippen molar-refractivity contribution in [1.29, 1.82) is 0 Å². The second kappa shape index (κ2) is 5.03. The standard InChI is InChI=1S/C12H13FN2O3/c13-8-4-3-5-9(10(8)11(16)17)14-12(18)15-6-1-2-7-15/h3-5H,1-2,6-7H2,(H,14,18)(H,16,17). The van der Waals surface area contributed by atoms with Gasteiger partial charge in [0.05, 0.1) is 5.69 Å². The molecule has 0 aliphatic carbocycles. The molecule has 5 nitrogen and oxygen atoms in total. The second-order valence-corrected chi connectivity index (χ2v) is 4.09. The van der Waals surface area contributed by atoms with Gasteiger partial charge >= 0.3 is 12.0 Å². The summed E-state index contributed by atoms with van der Waals surface area (Å²) in [4.78, 5) is 24.3. The molecule has 0 atom stereocenters. The molecule has 0 unspecified atom stereocenters. The third-order valence-electron chi connectivity index (χ3n) is 2.86. The van der Waals surface area contributed by atoms with E-state index in [1.54, 1.807) is 4.90 Å². The smallest absolute Gasteiger partial charge is 0.340 e. The predicted octanol–water partition coefficient (Wildman–Crippen LogP) is 2.15. The van der Waals surface area contributed by atoms with Crippen LogP contribution >= 0.6 is 0 Å². The molecule has 2 rings (SSSR count). The van der Waals surface area contributed by atoms with Gasteiger partial charge in [-0.1, -0.05) is 6.07 Å². The number of nitrogens with one attached hydrogen (secondary N) is 1. The lowest BCUT2D eigenvalue weighted by atomic mass is 10.1. The third-order valence-corrected chi connectivity index (χ3v) is 2.86. The molecule has 6 heteroatoms. The zero-order valence-corrected chi connectivity index (χ0v) is 9.65. The average Bonchev–Trinajstić information content (AvgIpc) is 2.81. The molecular formula is C12H13FN2O3. The fourth-order valence-electron chi connectivity index (χ4n) is 1.96. The summed E-state index contributed by atoms with van der Waals surface area (Å²) in [5, 5.41) is 11.4. The van der Waals surface area contributed by atoms with E-state index in [4.69, 9.17) is 5.11 Å². The van der Waals surface area contributed by atoms with Crippen molar-refractivity contribution in [1.82, 2.24) is 4.90 Å². The van der Waals surface area contributed by atoms with E-state index >= 15 is 0 Å². The van der Waals surface area contributed by atoms with Crippen LogP contribution in [0.4, 0.5) is 14.9 Å². The van der Waals surface area contributed by atoms with Gasteiger partial charge in [0.15, 0.2) is 0 Å². The summed E-state index contributed by atoms with van der Waals surface area (Å²) in [6.07, 6.45) is 1.87. The summed E-state index contributed by atoms with van der Waals surface area (Å²) >= 11 is 0. The van der Waals surface area contributed by atoms with E-state index in [0.29, 0.717) is 13.1 Å². The first-order valence-corrected chi connectivity index (χ1v) is 5.67. The van der Waals surface area contributed by atoms with E-state index in [1.165, 1.54) is 12.1 Å². The van der Waals surface area contributed by atoms with E-state index in [-0.39, 0.29) is 11.7 Å². The van der Waals surface area contributed by atoms with Crippen LogP contribution in [0.2, 0.25) is 0 Å². The highest BCUT2D eigenvalue weighted by atomic mass is 19.1. The van der Waals surface area contributed by atoms with Gasteiger partial charge in [-0.2, -0.15) is 0 Å². The number of anilines is 1. The fourth-order valence-corrected chi connectivity index (χ4v) is 1.96. The van der Waals surface area contributed by atoms with E-state index < -0.39 is 17.3 Å². The molecule has 1 aromatic carbocycles. The Morgan fingerprint density at radius 1 is 1.28 bits per heavy atom. The van der Waals surface area contributed by atoms with Gasteiger partial charge in [0.1, 0.15) is 11.4 Å². The molecule has 2 N–H and O–H groups in total. The number of carboxylic acids is 1. The van der Waals surface area contributed by atoms with Gasteiger partial charge in [-0.15, -0.1) is 0 Å². The molecule has 0 radical (unpaired) electrons. The van der Waals surface area contributed by atoms with Gasteiger partial charge in [0.2, 0.25) is 0 Å². The van der Waals surface area contributed by atoms with Gasteiger partial charge in [0.25, 0.3) is 0 Å². The van der Waals surface area contributed by atoms with E-state index in [9.17, 15) is 14.0 Å². The monoisotopic (exact) mass is 252 g/mol. The lowest BCUT2D eigenvalue weighted by Crippen LogP contribution is -2.32. The molecule has 96 valence electrons. The van der Waals surface area contributed by atoms with Crippen molar-refractivity contribution < 1.29 is 19.1 Å². The van der Waals surface area contributed by atoms with Crippen LogP contribution in [0, 0.1) is 5.82 Å². The molecule has 1 heterocycles. The number of hydrogen-bond donors (Lipinski definition) is 2. The number of urea groups is 1. The average molecular weight is 252 g/mol. The lowest BCUT2D eigenvalue weighted by Gasteiger charge is -2.17. The first-order chi connectivity index (χ1) is 8.59. The number of rotatable bonds is 2. The summed E-state index contributed by atoms with van der Waals surface area (Å²) in [5.74, 6) is -2.26. The maximum Gasteiger partial charge on any atom is 0.340 e. The van der Waals surface area contributed by atoms with Crippen LogP contribution < -0.4 is 5.32 Å². The van der Waals surface area contributed by atoms with Gasteiger partial charge in [-0.25, -0.2) is 14.0 Å². The van der Waals surface area contributed by atoms with Gasteiger partial charge in [-0.3, -0.25) is 0 Å². The van der Waals surface area contributed by atoms with Crippen LogP contribution in [0.15, 0.2) is 18.2 Å². The summed E-state index contributed by atoms with van der Waals surface area (Å²) < 4.78 is 13.4. The normalized spacial score (nSPS) is 14.6. The van der Waals surface area contributed by atoms with Crippen molar-refractivity contribution in [3.05, 3.63) is 29.6 Å². The van der Waals surface area contributed by atoms with Crippen LogP contribution in [0.3, 0.4) is 0 Å². The highest BCUT2D eigenvalue weighted by Gasteiger charge is 2.21. The first-order valence-electron chi connectivity index (χ1n) is 5.67. The topological polar surface area (TPSA) is 69.6 Å². The first kappa shape index (κ1) is 12.3. The van der Waals surface area contributed by atoms with Crippen molar-refractivity contribution in [2.75, 3.05) is 18.4 Å². The Labute approximate surface area is 103 Å². The molecule has 0 aromatic heterocycles. The minimum Gasteiger partial charge on any atom is -0.478 e. The molecule has 2 amide bonds. The number of hydrogen-bond acceptors (Lipinski definition) is 2. The SMILES string of the molecule is O=C(O)c1c(F)cccc1NC(=O)N1CCCC1. The van der Waals surface area contributed by atoms with Crippen LogP contribution in [-0.4, -0.2) is 35.1 Å². The quantitative estimate of drug-likeness (QED) is 0.847. The zero-order chi connectivity index (χ0) is 13.1. The minimum atomic E-state index is -1.40. The van der Waals surface area contributed by atoms with Crippen molar-refractivity contribution in [3.63, 3.8) is 0 Å². The van der Waals surface area contributed by atoms with Crippen molar-refractivity contribution in [2.45, 2.75) is 12.8 Å². The molecule has 0 saturated carbocycles. The number of carbonyl (C=O) groups excluding carboxylic acids is 1. The van der Waals surface area contributed by atoms with Crippen LogP contribution in [0.1, 0.15) is 23.2 Å². The zero-order valence-electron chi connectivity index (χ0n) is 9.65. The maximum atomic E-state index is 13.4. The van der Waals surface area contributed by atoms with Crippen molar-refractivity contribution in [2.24, 2.45) is 0 Å². The molecule has 0 spiro atoms. The Hall–Kier alpha value is -2.11. The predicted molar refractivity (Wildman–Crippen MR) is 63.2 cm³/mol.